The summed E-state index contributed by atoms with van der Waals surface area (Å²) in [6.45, 7) is 4.16. The zero-order valence-corrected chi connectivity index (χ0v) is 13.1. The Morgan fingerprint density at radius 2 is 1.89 bits per heavy atom. The van der Waals surface area contributed by atoms with E-state index in [1.54, 1.807) is 0 Å². The summed E-state index contributed by atoms with van der Waals surface area (Å²) >= 11 is 13.7. The second kappa shape index (κ2) is 6.18. The number of hydrogen-bond donors (Lipinski definition) is 1. The van der Waals surface area contributed by atoms with Gasteiger partial charge in [0.05, 0.1) is 10.6 Å². The van der Waals surface area contributed by atoms with E-state index in [0.717, 1.165) is 16.1 Å². The van der Waals surface area contributed by atoms with Crippen LogP contribution in [0.2, 0.25) is 10.0 Å². The summed E-state index contributed by atoms with van der Waals surface area (Å²) in [5, 5.41) is 5.44. The van der Waals surface area contributed by atoms with Gasteiger partial charge in [-0.25, -0.2) is 0 Å². The van der Waals surface area contributed by atoms with Crippen LogP contribution in [-0.2, 0) is 6.42 Å². The highest BCUT2D eigenvalue weighted by molar-refractivity contribution is 7.05. The summed E-state index contributed by atoms with van der Waals surface area (Å²) in [7, 11) is 0. The van der Waals surface area contributed by atoms with Gasteiger partial charge in [-0.05, 0) is 41.6 Å². The normalized spacial score (nSPS) is 12.9. The maximum atomic E-state index is 6.26. The predicted octanol–water partition coefficient (Wildman–Crippen LogP) is 4.21. The molecular weight excluding hydrogens is 301 g/mol. The molecule has 0 saturated heterocycles. The van der Waals surface area contributed by atoms with Crippen molar-refractivity contribution in [2.75, 3.05) is 0 Å². The predicted molar refractivity (Wildman–Crippen MR) is 81.1 cm³/mol. The molecule has 0 saturated carbocycles. The molecule has 3 nitrogen and oxygen atoms in total. The molecule has 6 heteroatoms. The Hall–Kier alpha value is -0.680. The second-order valence-corrected chi connectivity index (χ2v) is 6.29. The standard InChI is InChI=1S/C13H15Cl2N3S/c1-7(2)12-13(19-18-17-12)11(16)6-8-9(14)4-3-5-10(8)15/h3-5,7,11H,6,16H2,1-2H3. The van der Waals surface area contributed by atoms with E-state index in [1.807, 2.05) is 18.2 Å². The number of nitrogens with two attached hydrogens (primary N) is 1. The van der Waals surface area contributed by atoms with Crippen LogP contribution in [0.15, 0.2) is 18.2 Å². The van der Waals surface area contributed by atoms with E-state index < -0.39 is 0 Å². The van der Waals surface area contributed by atoms with Crippen molar-refractivity contribution in [3.05, 3.63) is 44.4 Å². The van der Waals surface area contributed by atoms with Crippen molar-refractivity contribution >= 4 is 34.7 Å². The molecule has 0 fully saturated rings. The lowest BCUT2D eigenvalue weighted by Crippen LogP contribution is -2.15. The average Bonchev–Trinajstić information content (AvgIpc) is 2.83. The summed E-state index contributed by atoms with van der Waals surface area (Å²) in [4.78, 5) is 1.01. The van der Waals surface area contributed by atoms with Crippen LogP contribution in [-0.4, -0.2) is 9.59 Å². The molecule has 0 radical (unpaired) electrons. The number of rotatable bonds is 4. The minimum atomic E-state index is -0.185. The fourth-order valence-electron chi connectivity index (χ4n) is 1.90. The highest BCUT2D eigenvalue weighted by Crippen LogP contribution is 2.31. The maximum Gasteiger partial charge on any atom is 0.0829 e. The van der Waals surface area contributed by atoms with Gasteiger partial charge in [-0.2, -0.15) is 0 Å². The van der Waals surface area contributed by atoms with E-state index in [9.17, 15) is 0 Å². The van der Waals surface area contributed by atoms with Crippen molar-refractivity contribution in [3.8, 4) is 0 Å². The highest BCUT2D eigenvalue weighted by atomic mass is 35.5. The number of aromatic nitrogens is 2. The summed E-state index contributed by atoms with van der Waals surface area (Å²) in [6, 6.07) is 5.29. The van der Waals surface area contributed by atoms with E-state index >= 15 is 0 Å². The van der Waals surface area contributed by atoms with Gasteiger partial charge in [-0.3, -0.25) is 0 Å². The molecule has 1 atom stereocenters. The van der Waals surface area contributed by atoms with E-state index in [1.165, 1.54) is 11.5 Å². The van der Waals surface area contributed by atoms with Crippen LogP contribution in [0.25, 0.3) is 0 Å². The van der Waals surface area contributed by atoms with Gasteiger partial charge in [0, 0.05) is 16.1 Å². The topological polar surface area (TPSA) is 51.8 Å². The lowest BCUT2D eigenvalue weighted by atomic mass is 10.0. The van der Waals surface area contributed by atoms with Gasteiger partial charge in [0.2, 0.25) is 0 Å². The zero-order valence-electron chi connectivity index (χ0n) is 10.7. The molecule has 102 valence electrons. The van der Waals surface area contributed by atoms with Gasteiger partial charge < -0.3 is 5.73 Å². The van der Waals surface area contributed by atoms with Gasteiger partial charge in [0.15, 0.2) is 0 Å². The van der Waals surface area contributed by atoms with Gasteiger partial charge in [0.1, 0.15) is 0 Å². The largest absolute Gasteiger partial charge is 0.323 e. The molecule has 2 aromatic rings. The van der Waals surface area contributed by atoms with Crippen LogP contribution in [0.1, 0.15) is 41.9 Å². The Balaban J connectivity index is 2.26. The molecule has 0 aliphatic heterocycles. The molecule has 2 N–H and O–H groups in total. The van der Waals surface area contributed by atoms with Crippen LogP contribution in [0, 0.1) is 0 Å². The molecule has 1 heterocycles. The smallest absolute Gasteiger partial charge is 0.0829 e. The molecule has 0 bridgehead atoms. The Bertz CT molecular complexity index is 549. The number of benzene rings is 1. The molecule has 2 rings (SSSR count). The van der Waals surface area contributed by atoms with Gasteiger partial charge in [-0.1, -0.05) is 47.6 Å². The SMILES string of the molecule is CC(C)c1nnsc1C(N)Cc1c(Cl)cccc1Cl. The molecule has 0 aliphatic carbocycles. The molecule has 0 amide bonds. The van der Waals surface area contributed by atoms with Crippen molar-refractivity contribution in [2.24, 2.45) is 5.73 Å². The quantitative estimate of drug-likeness (QED) is 0.919. The fraction of sp³-hybridized carbons (Fsp3) is 0.385. The molecular formula is C13H15Cl2N3S. The Kier molecular flexibility index (Phi) is 4.79. The first-order valence-corrected chi connectivity index (χ1v) is 7.54. The van der Waals surface area contributed by atoms with Crippen molar-refractivity contribution in [1.29, 1.82) is 0 Å². The van der Waals surface area contributed by atoms with E-state index in [4.69, 9.17) is 28.9 Å². The summed E-state index contributed by atoms with van der Waals surface area (Å²) in [6.07, 6.45) is 0.585. The molecule has 19 heavy (non-hydrogen) atoms. The molecule has 0 spiro atoms. The first-order valence-electron chi connectivity index (χ1n) is 6.01. The van der Waals surface area contributed by atoms with Crippen molar-refractivity contribution < 1.29 is 0 Å². The number of halogens is 2. The van der Waals surface area contributed by atoms with Crippen molar-refractivity contribution in [3.63, 3.8) is 0 Å². The molecule has 1 aromatic carbocycles. The van der Waals surface area contributed by atoms with Crippen LogP contribution in [0.3, 0.4) is 0 Å². The van der Waals surface area contributed by atoms with Crippen LogP contribution >= 0.6 is 34.7 Å². The second-order valence-electron chi connectivity index (χ2n) is 4.69. The highest BCUT2D eigenvalue weighted by Gasteiger charge is 2.20. The van der Waals surface area contributed by atoms with Gasteiger partial charge in [-0.15, -0.1) is 5.10 Å². The summed E-state index contributed by atoms with van der Waals surface area (Å²) in [5.74, 6) is 0.307. The monoisotopic (exact) mass is 315 g/mol. The van der Waals surface area contributed by atoms with Gasteiger partial charge >= 0.3 is 0 Å². The van der Waals surface area contributed by atoms with E-state index in [-0.39, 0.29) is 6.04 Å². The lowest BCUT2D eigenvalue weighted by molar-refractivity contribution is 0.701. The third-order valence-electron chi connectivity index (χ3n) is 2.91. The molecule has 0 aliphatic rings. The Labute approximate surface area is 126 Å². The maximum absolute atomic E-state index is 6.26. The van der Waals surface area contributed by atoms with Crippen molar-refractivity contribution in [2.45, 2.75) is 32.2 Å². The fourth-order valence-corrected chi connectivity index (χ4v) is 3.26. The van der Waals surface area contributed by atoms with Crippen LogP contribution < -0.4 is 5.73 Å². The van der Waals surface area contributed by atoms with Gasteiger partial charge in [0.25, 0.3) is 0 Å². The Morgan fingerprint density at radius 1 is 1.26 bits per heavy atom. The third-order valence-corrected chi connectivity index (χ3v) is 4.49. The summed E-state index contributed by atoms with van der Waals surface area (Å²) < 4.78 is 4.00. The van der Waals surface area contributed by atoms with Crippen LogP contribution in [0.4, 0.5) is 0 Å². The summed E-state index contributed by atoms with van der Waals surface area (Å²) in [5.41, 5.74) is 8.10. The average molecular weight is 316 g/mol. The van der Waals surface area contributed by atoms with E-state index in [2.05, 4.69) is 23.4 Å². The van der Waals surface area contributed by atoms with E-state index in [0.29, 0.717) is 22.4 Å². The first kappa shape index (κ1) is 14.7. The minimum Gasteiger partial charge on any atom is -0.323 e. The molecule has 1 aromatic heterocycles. The van der Waals surface area contributed by atoms with Crippen LogP contribution in [0.5, 0.6) is 0 Å². The first-order chi connectivity index (χ1) is 9.00. The van der Waals surface area contributed by atoms with Crippen molar-refractivity contribution in [1.82, 2.24) is 9.59 Å². The minimum absolute atomic E-state index is 0.185. The number of hydrogen-bond acceptors (Lipinski definition) is 4. The molecule has 1 unspecified atom stereocenters. The number of nitrogens with zero attached hydrogens (tertiary/aromatic N) is 2. The Morgan fingerprint density at radius 3 is 2.47 bits per heavy atom. The third kappa shape index (κ3) is 3.26. The zero-order chi connectivity index (χ0) is 14.0. The lowest BCUT2D eigenvalue weighted by Gasteiger charge is -2.14.